The van der Waals surface area contributed by atoms with Crippen molar-refractivity contribution >= 4 is 27.5 Å². The summed E-state index contributed by atoms with van der Waals surface area (Å²) in [5.74, 6) is 0.809. The zero-order chi connectivity index (χ0) is 14.5. The van der Waals surface area contributed by atoms with Gasteiger partial charge in [-0.25, -0.2) is 0 Å². The summed E-state index contributed by atoms with van der Waals surface area (Å²) in [6.45, 7) is 2.94. The third kappa shape index (κ3) is 3.35. The molecule has 1 unspecified atom stereocenters. The Bertz CT molecular complexity index is 574. The van der Waals surface area contributed by atoms with Crippen LogP contribution in [0.2, 0.25) is 5.02 Å². The Morgan fingerprint density at radius 3 is 2.55 bits per heavy atom. The smallest absolute Gasteiger partial charge is 0.138 e. The third-order valence-corrected chi connectivity index (χ3v) is 3.90. The predicted molar refractivity (Wildman–Crippen MR) is 87.7 cm³/mol. The Labute approximate surface area is 133 Å². The van der Waals surface area contributed by atoms with Gasteiger partial charge in [0.05, 0.1) is 17.6 Å². The number of hydrogen-bond donors (Lipinski definition) is 1. The van der Waals surface area contributed by atoms with E-state index in [0.717, 1.165) is 22.3 Å². The number of methoxy groups -OCH3 is 1. The van der Waals surface area contributed by atoms with Crippen molar-refractivity contribution < 1.29 is 4.74 Å². The molecule has 0 aliphatic carbocycles. The molecule has 0 aromatic heterocycles. The van der Waals surface area contributed by atoms with E-state index in [1.807, 2.05) is 30.3 Å². The van der Waals surface area contributed by atoms with Crippen molar-refractivity contribution in [2.75, 3.05) is 13.7 Å². The molecule has 0 spiro atoms. The van der Waals surface area contributed by atoms with Crippen LogP contribution < -0.4 is 10.1 Å². The van der Waals surface area contributed by atoms with E-state index in [1.54, 1.807) is 7.11 Å². The number of nitrogens with one attached hydrogen (secondary N) is 1. The molecule has 106 valence electrons. The van der Waals surface area contributed by atoms with E-state index in [4.69, 9.17) is 16.3 Å². The van der Waals surface area contributed by atoms with Crippen LogP contribution in [0.15, 0.2) is 46.9 Å². The van der Waals surface area contributed by atoms with Crippen molar-refractivity contribution in [1.82, 2.24) is 5.32 Å². The molecule has 0 radical (unpaired) electrons. The van der Waals surface area contributed by atoms with Crippen LogP contribution in [0.25, 0.3) is 0 Å². The standard InChI is InChI=1S/C16H17BrClNO/c1-3-19-15(11-7-5-4-6-8-11)13-9-12(18)10-14(17)16(13)20-2/h4-10,15,19H,3H2,1-2H3. The van der Waals surface area contributed by atoms with Gasteiger partial charge in [-0.2, -0.15) is 0 Å². The minimum Gasteiger partial charge on any atom is -0.495 e. The summed E-state index contributed by atoms with van der Waals surface area (Å²) in [5.41, 5.74) is 2.21. The lowest BCUT2D eigenvalue weighted by Crippen LogP contribution is -2.22. The van der Waals surface area contributed by atoms with Crippen LogP contribution in [0.4, 0.5) is 0 Å². The molecule has 0 amide bonds. The molecule has 0 heterocycles. The van der Waals surface area contributed by atoms with Crippen LogP contribution in [-0.4, -0.2) is 13.7 Å². The highest BCUT2D eigenvalue weighted by atomic mass is 79.9. The maximum Gasteiger partial charge on any atom is 0.138 e. The first-order valence-electron chi connectivity index (χ1n) is 6.48. The molecule has 0 aliphatic heterocycles. The van der Waals surface area contributed by atoms with Gasteiger partial charge in [-0.15, -0.1) is 0 Å². The predicted octanol–water partition coefficient (Wildman–Crippen LogP) is 4.81. The Morgan fingerprint density at radius 1 is 1.25 bits per heavy atom. The lowest BCUT2D eigenvalue weighted by atomic mass is 9.98. The van der Waals surface area contributed by atoms with Crippen LogP contribution >= 0.6 is 27.5 Å². The lowest BCUT2D eigenvalue weighted by molar-refractivity contribution is 0.401. The zero-order valence-corrected chi connectivity index (χ0v) is 13.8. The molecular weight excluding hydrogens is 338 g/mol. The van der Waals surface area contributed by atoms with E-state index in [2.05, 4.69) is 40.3 Å². The van der Waals surface area contributed by atoms with Gasteiger partial charge < -0.3 is 10.1 Å². The number of benzene rings is 2. The van der Waals surface area contributed by atoms with Crippen molar-refractivity contribution in [3.05, 3.63) is 63.1 Å². The van der Waals surface area contributed by atoms with Gasteiger partial charge in [0.15, 0.2) is 0 Å². The third-order valence-electron chi connectivity index (χ3n) is 3.09. The van der Waals surface area contributed by atoms with E-state index in [1.165, 1.54) is 5.56 Å². The molecule has 4 heteroatoms. The van der Waals surface area contributed by atoms with E-state index in [9.17, 15) is 0 Å². The van der Waals surface area contributed by atoms with E-state index >= 15 is 0 Å². The van der Waals surface area contributed by atoms with Gasteiger partial charge >= 0.3 is 0 Å². The first-order chi connectivity index (χ1) is 9.67. The van der Waals surface area contributed by atoms with Gasteiger partial charge in [-0.3, -0.25) is 0 Å². The second-order valence-electron chi connectivity index (χ2n) is 4.41. The number of rotatable bonds is 5. The molecule has 1 N–H and O–H groups in total. The van der Waals surface area contributed by atoms with Crippen LogP contribution in [0, 0.1) is 0 Å². The first kappa shape index (κ1) is 15.4. The van der Waals surface area contributed by atoms with Crippen LogP contribution in [0.1, 0.15) is 24.1 Å². The maximum atomic E-state index is 6.20. The minimum absolute atomic E-state index is 0.0474. The molecule has 20 heavy (non-hydrogen) atoms. The highest BCUT2D eigenvalue weighted by Gasteiger charge is 2.20. The van der Waals surface area contributed by atoms with Gasteiger partial charge in [-0.1, -0.05) is 48.9 Å². The summed E-state index contributed by atoms with van der Waals surface area (Å²) in [5, 5.41) is 4.17. The van der Waals surface area contributed by atoms with Gasteiger partial charge in [0.1, 0.15) is 5.75 Å². The minimum atomic E-state index is 0.0474. The Kier molecular flexibility index (Phi) is 5.46. The monoisotopic (exact) mass is 353 g/mol. The van der Waals surface area contributed by atoms with Crippen LogP contribution in [0.3, 0.4) is 0 Å². The van der Waals surface area contributed by atoms with Crippen LogP contribution in [0.5, 0.6) is 5.75 Å². The molecular formula is C16H17BrClNO. The van der Waals surface area contributed by atoms with Gasteiger partial charge in [0, 0.05) is 10.6 Å². The highest BCUT2D eigenvalue weighted by Crippen LogP contribution is 2.38. The van der Waals surface area contributed by atoms with Gasteiger partial charge in [-0.05, 0) is 40.2 Å². The molecule has 2 rings (SSSR count). The SMILES string of the molecule is CCNC(c1ccccc1)c1cc(Cl)cc(Br)c1OC. The maximum absolute atomic E-state index is 6.20. The largest absolute Gasteiger partial charge is 0.495 e. The fourth-order valence-electron chi connectivity index (χ4n) is 2.27. The molecule has 2 aromatic rings. The normalized spacial score (nSPS) is 12.2. The summed E-state index contributed by atoms with van der Waals surface area (Å²) in [4.78, 5) is 0. The Morgan fingerprint density at radius 2 is 1.95 bits per heavy atom. The molecule has 0 bridgehead atoms. The van der Waals surface area contributed by atoms with E-state index in [-0.39, 0.29) is 6.04 Å². The van der Waals surface area contributed by atoms with Crippen molar-refractivity contribution in [1.29, 1.82) is 0 Å². The molecule has 0 saturated carbocycles. The summed E-state index contributed by atoms with van der Waals surface area (Å²) in [6.07, 6.45) is 0. The quantitative estimate of drug-likeness (QED) is 0.832. The van der Waals surface area contributed by atoms with Crippen molar-refractivity contribution in [2.24, 2.45) is 0 Å². The van der Waals surface area contributed by atoms with Gasteiger partial charge in [0.25, 0.3) is 0 Å². The van der Waals surface area contributed by atoms with Crippen molar-refractivity contribution in [2.45, 2.75) is 13.0 Å². The number of hydrogen-bond acceptors (Lipinski definition) is 2. The fourth-order valence-corrected chi connectivity index (χ4v) is 3.26. The fraction of sp³-hybridized carbons (Fsp3) is 0.250. The average molecular weight is 355 g/mol. The molecule has 0 aliphatic rings. The second-order valence-corrected chi connectivity index (χ2v) is 5.70. The Hall–Kier alpha value is -1.03. The topological polar surface area (TPSA) is 21.3 Å². The molecule has 0 saturated heterocycles. The van der Waals surface area contributed by atoms with Crippen molar-refractivity contribution in [3.8, 4) is 5.75 Å². The average Bonchev–Trinajstić information content (AvgIpc) is 2.45. The Balaban J connectivity index is 2.55. The van der Waals surface area contributed by atoms with E-state index in [0.29, 0.717) is 5.02 Å². The van der Waals surface area contributed by atoms with Gasteiger partial charge in [0.2, 0.25) is 0 Å². The number of ether oxygens (including phenoxy) is 1. The first-order valence-corrected chi connectivity index (χ1v) is 7.65. The summed E-state index contributed by atoms with van der Waals surface area (Å²) < 4.78 is 6.40. The summed E-state index contributed by atoms with van der Waals surface area (Å²) in [7, 11) is 1.67. The van der Waals surface area contributed by atoms with Crippen LogP contribution in [-0.2, 0) is 0 Å². The summed E-state index contributed by atoms with van der Waals surface area (Å²) >= 11 is 9.71. The number of halogens is 2. The zero-order valence-electron chi connectivity index (χ0n) is 11.5. The molecule has 1 atom stereocenters. The highest BCUT2D eigenvalue weighted by molar-refractivity contribution is 9.10. The molecule has 2 aromatic carbocycles. The van der Waals surface area contributed by atoms with Crippen molar-refractivity contribution in [3.63, 3.8) is 0 Å². The molecule has 0 fully saturated rings. The lowest BCUT2D eigenvalue weighted by Gasteiger charge is -2.22. The molecule has 2 nitrogen and oxygen atoms in total. The summed E-state index contributed by atoms with van der Waals surface area (Å²) in [6, 6.07) is 14.1. The van der Waals surface area contributed by atoms with E-state index < -0.39 is 0 Å². The second kappa shape index (κ2) is 7.11.